The van der Waals surface area contributed by atoms with Crippen LogP contribution in [0.1, 0.15) is 16.8 Å². The first-order valence-electron chi connectivity index (χ1n) is 11.1. The number of halogens is 1. The van der Waals surface area contributed by atoms with Crippen molar-refractivity contribution in [1.29, 1.82) is 0 Å². The Kier molecular flexibility index (Phi) is 5.93. The monoisotopic (exact) mass is 467 g/mol. The normalized spacial score (nSPS) is 11.0. The number of aromatic nitrogens is 4. The average molecular weight is 468 g/mol. The van der Waals surface area contributed by atoms with Gasteiger partial charge in [-0.3, -0.25) is 9.59 Å². The molecule has 1 amide bonds. The third-order valence-corrected chi connectivity index (χ3v) is 5.80. The number of anilines is 1. The molecule has 5 rings (SSSR count). The highest BCUT2D eigenvalue weighted by molar-refractivity contribution is 5.92. The van der Waals surface area contributed by atoms with Gasteiger partial charge in [-0.2, -0.15) is 9.50 Å². The minimum Gasteiger partial charge on any atom is -0.326 e. The molecule has 3 aromatic carbocycles. The summed E-state index contributed by atoms with van der Waals surface area (Å²) in [5.41, 5.74) is 2.81. The minimum absolute atomic E-state index is 0.159. The van der Waals surface area contributed by atoms with E-state index in [4.69, 9.17) is 0 Å². The lowest BCUT2D eigenvalue weighted by molar-refractivity contribution is -0.115. The Morgan fingerprint density at radius 3 is 2.29 bits per heavy atom. The highest BCUT2D eigenvalue weighted by Gasteiger charge is 2.21. The largest absolute Gasteiger partial charge is 0.326 e. The Labute approximate surface area is 200 Å². The Morgan fingerprint density at radius 1 is 0.943 bits per heavy atom. The molecule has 35 heavy (non-hydrogen) atoms. The molecule has 0 saturated heterocycles. The molecule has 8 heteroatoms. The second-order valence-corrected chi connectivity index (χ2v) is 8.19. The van der Waals surface area contributed by atoms with Gasteiger partial charge in [0.2, 0.25) is 11.7 Å². The lowest BCUT2D eigenvalue weighted by Gasteiger charge is -2.15. The lowest BCUT2D eigenvalue weighted by atomic mass is 10.1. The standard InChI is InChI=1S/C27H22FN5O2/c1-18-23(16-24(34)29-22-14-12-21(28)13-15-22)26(35)33-27(32(18)17-19-8-4-2-5-9-19)30-25(31-33)20-10-6-3-7-11-20/h2-15H,16-17H2,1H3,(H,29,34). The average Bonchev–Trinajstić information content (AvgIpc) is 3.33. The fraction of sp³-hybridized carbons (Fsp3) is 0.111. The SMILES string of the molecule is Cc1c(CC(=O)Nc2ccc(F)cc2)c(=O)n2nc(-c3ccccc3)nc2n1Cc1ccccc1. The molecule has 0 aliphatic heterocycles. The third-order valence-electron chi connectivity index (χ3n) is 5.80. The summed E-state index contributed by atoms with van der Waals surface area (Å²) in [6.45, 7) is 2.26. The number of hydrogen-bond donors (Lipinski definition) is 1. The van der Waals surface area contributed by atoms with Crippen molar-refractivity contribution in [3.05, 3.63) is 118 Å². The van der Waals surface area contributed by atoms with Crippen LogP contribution in [0.5, 0.6) is 0 Å². The van der Waals surface area contributed by atoms with Crippen LogP contribution in [-0.4, -0.2) is 25.1 Å². The fourth-order valence-corrected chi connectivity index (χ4v) is 3.98. The van der Waals surface area contributed by atoms with Crippen LogP contribution in [0.2, 0.25) is 0 Å². The van der Waals surface area contributed by atoms with E-state index in [0.717, 1.165) is 11.1 Å². The molecular formula is C27H22FN5O2. The number of rotatable bonds is 6. The first-order chi connectivity index (χ1) is 17.0. The molecule has 0 unspecified atom stereocenters. The van der Waals surface area contributed by atoms with E-state index in [1.54, 1.807) is 0 Å². The molecule has 174 valence electrons. The van der Waals surface area contributed by atoms with Gasteiger partial charge in [-0.15, -0.1) is 5.10 Å². The molecule has 2 heterocycles. The zero-order valence-electron chi connectivity index (χ0n) is 19.0. The van der Waals surface area contributed by atoms with E-state index in [-0.39, 0.29) is 12.3 Å². The van der Waals surface area contributed by atoms with Crippen LogP contribution in [0.25, 0.3) is 17.2 Å². The van der Waals surface area contributed by atoms with Crippen molar-refractivity contribution < 1.29 is 9.18 Å². The molecule has 7 nitrogen and oxygen atoms in total. The molecular weight excluding hydrogens is 445 g/mol. The second-order valence-electron chi connectivity index (χ2n) is 8.19. The van der Waals surface area contributed by atoms with Gasteiger partial charge >= 0.3 is 0 Å². The smallest absolute Gasteiger partial charge is 0.279 e. The molecule has 0 saturated carbocycles. The summed E-state index contributed by atoms with van der Waals surface area (Å²) in [7, 11) is 0. The predicted molar refractivity (Wildman–Crippen MR) is 132 cm³/mol. The van der Waals surface area contributed by atoms with E-state index in [2.05, 4.69) is 15.4 Å². The minimum atomic E-state index is -0.397. The third kappa shape index (κ3) is 4.59. The molecule has 0 atom stereocenters. The van der Waals surface area contributed by atoms with Crippen LogP contribution in [0.3, 0.4) is 0 Å². The molecule has 0 spiro atoms. The number of nitrogens with zero attached hydrogens (tertiary/aromatic N) is 4. The molecule has 0 fully saturated rings. The molecule has 0 radical (unpaired) electrons. The van der Waals surface area contributed by atoms with Gasteiger partial charge in [0.25, 0.3) is 5.56 Å². The second kappa shape index (κ2) is 9.34. The van der Waals surface area contributed by atoms with E-state index in [0.29, 0.717) is 35.1 Å². The van der Waals surface area contributed by atoms with Gasteiger partial charge in [-0.1, -0.05) is 60.7 Å². The van der Waals surface area contributed by atoms with E-state index >= 15 is 0 Å². The zero-order chi connectivity index (χ0) is 24.4. The van der Waals surface area contributed by atoms with E-state index in [1.807, 2.05) is 72.2 Å². The van der Waals surface area contributed by atoms with Crippen LogP contribution < -0.4 is 10.9 Å². The fourth-order valence-electron chi connectivity index (χ4n) is 3.98. The van der Waals surface area contributed by atoms with Crippen molar-refractivity contribution in [1.82, 2.24) is 19.2 Å². The summed E-state index contributed by atoms with van der Waals surface area (Å²) in [4.78, 5) is 30.9. The van der Waals surface area contributed by atoms with Gasteiger partial charge in [0.1, 0.15) is 5.82 Å². The Bertz CT molecular complexity index is 1560. The Hall–Kier alpha value is -4.59. The zero-order valence-corrected chi connectivity index (χ0v) is 19.0. The number of carbonyl (C=O) groups excluding carboxylic acids is 1. The highest BCUT2D eigenvalue weighted by Crippen LogP contribution is 2.18. The maximum atomic E-state index is 13.4. The van der Waals surface area contributed by atoms with Crippen LogP contribution in [0.15, 0.2) is 89.7 Å². The summed E-state index contributed by atoms with van der Waals surface area (Å²) in [5, 5.41) is 7.21. The maximum Gasteiger partial charge on any atom is 0.279 e. The van der Waals surface area contributed by atoms with Gasteiger partial charge < -0.3 is 9.88 Å². The van der Waals surface area contributed by atoms with Crippen molar-refractivity contribution in [2.75, 3.05) is 5.32 Å². The van der Waals surface area contributed by atoms with Crippen molar-refractivity contribution in [3.8, 4) is 11.4 Å². The lowest BCUT2D eigenvalue weighted by Crippen LogP contribution is -2.29. The van der Waals surface area contributed by atoms with Gasteiger partial charge in [-0.05, 0) is 36.8 Å². The molecule has 0 aliphatic rings. The summed E-state index contributed by atoms with van der Waals surface area (Å²) < 4.78 is 16.4. The number of fused-ring (bicyclic) bond motifs is 1. The van der Waals surface area contributed by atoms with Gasteiger partial charge in [0.15, 0.2) is 5.82 Å². The van der Waals surface area contributed by atoms with Gasteiger partial charge in [0, 0.05) is 22.5 Å². The molecule has 0 aliphatic carbocycles. The van der Waals surface area contributed by atoms with E-state index in [9.17, 15) is 14.0 Å². The highest BCUT2D eigenvalue weighted by atomic mass is 19.1. The van der Waals surface area contributed by atoms with E-state index < -0.39 is 11.4 Å². The summed E-state index contributed by atoms with van der Waals surface area (Å²) in [6.07, 6.45) is -0.159. The van der Waals surface area contributed by atoms with Crippen LogP contribution in [0.4, 0.5) is 10.1 Å². The quantitative estimate of drug-likeness (QED) is 0.405. The number of carbonyl (C=O) groups is 1. The van der Waals surface area contributed by atoms with E-state index in [1.165, 1.54) is 28.8 Å². The summed E-state index contributed by atoms with van der Waals surface area (Å²) >= 11 is 0. The van der Waals surface area contributed by atoms with Crippen LogP contribution in [0, 0.1) is 12.7 Å². The summed E-state index contributed by atoms with van der Waals surface area (Å²) in [5.74, 6) is 0.0500. The Balaban J connectivity index is 1.59. The van der Waals surface area contributed by atoms with Crippen molar-refractivity contribution in [2.45, 2.75) is 19.9 Å². The molecule has 5 aromatic rings. The van der Waals surface area contributed by atoms with Gasteiger partial charge in [0.05, 0.1) is 13.0 Å². The van der Waals surface area contributed by atoms with Gasteiger partial charge in [-0.25, -0.2) is 4.39 Å². The molecule has 1 N–H and O–H groups in total. The Morgan fingerprint density at radius 2 is 1.60 bits per heavy atom. The van der Waals surface area contributed by atoms with Crippen LogP contribution in [-0.2, 0) is 17.8 Å². The first-order valence-corrected chi connectivity index (χ1v) is 11.1. The van der Waals surface area contributed by atoms with Crippen molar-refractivity contribution >= 4 is 17.4 Å². The number of hydrogen-bond acceptors (Lipinski definition) is 4. The number of amides is 1. The van der Waals surface area contributed by atoms with Crippen molar-refractivity contribution in [2.24, 2.45) is 0 Å². The number of benzene rings is 3. The molecule has 2 aromatic heterocycles. The van der Waals surface area contributed by atoms with Crippen LogP contribution >= 0.6 is 0 Å². The number of nitrogens with one attached hydrogen (secondary N) is 1. The molecule has 0 bridgehead atoms. The predicted octanol–water partition coefficient (Wildman–Crippen LogP) is 4.24. The first kappa shape index (κ1) is 22.2. The summed E-state index contributed by atoms with van der Waals surface area (Å²) in [6, 6.07) is 24.7. The van der Waals surface area contributed by atoms with Crippen molar-refractivity contribution in [3.63, 3.8) is 0 Å². The topological polar surface area (TPSA) is 81.3 Å². The maximum absolute atomic E-state index is 13.4.